The first-order chi connectivity index (χ1) is 8.83. The van der Waals surface area contributed by atoms with Crippen molar-refractivity contribution in [2.24, 2.45) is 5.92 Å². The Morgan fingerprint density at radius 2 is 2.50 bits per heavy atom. The molecule has 0 radical (unpaired) electrons. The number of fused-ring (bicyclic) bond motifs is 1. The highest BCUT2D eigenvalue weighted by molar-refractivity contribution is 7.99. The molecule has 4 heteroatoms. The fraction of sp³-hybridized carbons (Fsp3) is 0.500. The molecule has 3 rings (SSSR count). The normalized spacial score (nSPS) is 21.5. The monoisotopic (exact) mass is 278 g/mol. The minimum atomic E-state index is 0.398. The van der Waals surface area contributed by atoms with Crippen LogP contribution in [0.5, 0.6) is 0 Å². The molecule has 0 spiro atoms. The first-order valence-corrected chi connectivity index (χ1v) is 8.50. The van der Waals surface area contributed by atoms with Gasteiger partial charge >= 0.3 is 0 Å². The fourth-order valence-electron chi connectivity index (χ4n) is 2.30. The summed E-state index contributed by atoms with van der Waals surface area (Å²) in [5.74, 6) is 3.52. The zero-order chi connectivity index (χ0) is 12.4. The Morgan fingerprint density at radius 3 is 3.33 bits per heavy atom. The van der Waals surface area contributed by atoms with Gasteiger partial charge in [0.25, 0.3) is 0 Å². The Labute approximate surface area is 116 Å². The Hall–Kier alpha value is -0.580. The van der Waals surface area contributed by atoms with Crippen LogP contribution in [0.1, 0.15) is 24.9 Å². The van der Waals surface area contributed by atoms with Gasteiger partial charge in [0.15, 0.2) is 0 Å². The number of hydrogen-bond acceptors (Lipinski definition) is 4. The van der Waals surface area contributed by atoms with E-state index >= 15 is 0 Å². The average Bonchev–Trinajstić information content (AvgIpc) is 3.05. The molecule has 0 saturated carbocycles. The lowest BCUT2D eigenvalue weighted by molar-refractivity contribution is 0.477. The smallest absolute Gasteiger partial charge is 0.0809 e. The van der Waals surface area contributed by atoms with E-state index in [4.69, 9.17) is 0 Å². The predicted molar refractivity (Wildman–Crippen MR) is 81.5 cm³/mol. The Balaban J connectivity index is 1.65. The number of nitrogens with zero attached hydrogens (tertiary/aromatic N) is 1. The van der Waals surface area contributed by atoms with Crippen LogP contribution in [-0.2, 0) is 0 Å². The highest BCUT2D eigenvalue weighted by atomic mass is 32.2. The molecule has 2 atom stereocenters. The van der Waals surface area contributed by atoms with Gasteiger partial charge in [0.05, 0.1) is 10.2 Å². The van der Waals surface area contributed by atoms with Crippen LogP contribution in [0.15, 0.2) is 23.7 Å². The van der Waals surface area contributed by atoms with E-state index in [1.165, 1.54) is 28.2 Å². The van der Waals surface area contributed by atoms with Crippen molar-refractivity contribution in [3.8, 4) is 0 Å². The average molecular weight is 278 g/mol. The minimum absolute atomic E-state index is 0.398. The van der Waals surface area contributed by atoms with E-state index in [0.717, 1.165) is 18.0 Å². The molecule has 0 aromatic carbocycles. The van der Waals surface area contributed by atoms with Crippen LogP contribution in [0.25, 0.3) is 10.2 Å². The van der Waals surface area contributed by atoms with E-state index in [9.17, 15) is 0 Å². The zero-order valence-corrected chi connectivity index (χ0v) is 12.2. The minimum Gasteiger partial charge on any atom is -0.310 e. The van der Waals surface area contributed by atoms with Gasteiger partial charge < -0.3 is 5.32 Å². The van der Waals surface area contributed by atoms with Crippen molar-refractivity contribution < 1.29 is 0 Å². The van der Waals surface area contributed by atoms with Crippen LogP contribution >= 0.6 is 23.1 Å². The summed E-state index contributed by atoms with van der Waals surface area (Å²) in [4.78, 5) is 4.51. The Bertz CT molecular complexity index is 517. The summed E-state index contributed by atoms with van der Waals surface area (Å²) in [5, 5.41) is 5.76. The largest absolute Gasteiger partial charge is 0.310 e. The summed E-state index contributed by atoms with van der Waals surface area (Å²) in [6.07, 6.45) is 3.38. The highest BCUT2D eigenvalue weighted by Crippen LogP contribution is 2.25. The summed E-state index contributed by atoms with van der Waals surface area (Å²) in [5.41, 5.74) is 2.42. The number of aromatic nitrogens is 1. The van der Waals surface area contributed by atoms with Gasteiger partial charge in [-0.15, -0.1) is 11.3 Å². The lowest BCUT2D eigenvalue weighted by Gasteiger charge is -2.16. The van der Waals surface area contributed by atoms with E-state index in [-0.39, 0.29) is 0 Å². The van der Waals surface area contributed by atoms with Crippen LogP contribution in [0.3, 0.4) is 0 Å². The third kappa shape index (κ3) is 2.71. The molecule has 18 heavy (non-hydrogen) atoms. The van der Waals surface area contributed by atoms with Gasteiger partial charge in [-0.1, -0.05) is 0 Å². The van der Waals surface area contributed by atoms with Crippen LogP contribution < -0.4 is 5.32 Å². The number of nitrogens with one attached hydrogen (secondary N) is 1. The van der Waals surface area contributed by atoms with Crippen molar-refractivity contribution in [2.45, 2.75) is 19.4 Å². The van der Waals surface area contributed by atoms with Crippen molar-refractivity contribution >= 4 is 33.3 Å². The van der Waals surface area contributed by atoms with Gasteiger partial charge in [-0.2, -0.15) is 11.8 Å². The number of hydrogen-bond donors (Lipinski definition) is 1. The fourth-order valence-corrected chi connectivity index (χ4v) is 4.38. The molecule has 0 aliphatic carbocycles. The summed E-state index contributed by atoms with van der Waals surface area (Å²) in [6, 6.07) is 4.75. The second kappa shape index (κ2) is 5.59. The van der Waals surface area contributed by atoms with E-state index < -0.39 is 0 Å². The Kier molecular flexibility index (Phi) is 3.87. The molecule has 2 aromatic heterocycles. The van der Waals surface area contributed by atoms with Crippen molar-refractivity contribution in [3.63, 3.8) is 0 Å². The first kappa shape index (κ1) is 12.5. The van der Waals surface area contributed by atoms with E-state index in [0.29, 0.717) is 6.04 Å². The predicted octanol–water partition coefficient (Wildman–Crippen LogP) is 3.70. The Morgan fingerprint density at radius 1 is 1.56 bits per heavy atom. The first-order valence-electron chi connectivity index (χ1n) is 6.47. The SMILES string of the molecule is CC(NCC1CCSC1)c1cnc2ccsc2c1. The van der Waals surface area contributed by atoms with E-state index in [2.05, 4.69) is 46.5 Å². The van der Waals surface area contributed by atoms with Gasteiger partial charge in [0, 0.05) is 12.2 Å². The molecule has 3 heterocycles. The summed E-state index contributed by atoms with van der Waals surface area (Å²) >= 11 is 3.85. The second-order valence-corrected chi connectivity index (χ2v) is 7.03. The van der Waals surface area contributed by atoms with Gasteiger partial charge in [0.1, 0.15) is 0 Å². The summed E-state index contributed by atoms with van der Waals surface area (Å²) in [6.45, 7) is 3.37. The third-order valence-electron chi connectivity index (χ3n) is 3.56. The molecule has 1 aliphatic heterocycles. The van der Waals surface area contributed by atoms with Crippen molar-refractivity contribution in [3.05, 3.63) is 29.3 Å². The second-order valence-electron chi connectivity index (χ2n) is 4.93. The molecule has 1 N–H and O–H groups in total. The lowest BCUT2D eigenvalue weighted by Crippen LogP contribution is -2.25. The van der Waals surface area contributed by atoms with Gasteiger partial charge in [0.2, 0.25) is 0 Å². The summed E-state index contributed by atoms with van der Waals surface area (Å²) in [7, 11) is 0. The van der Waals surface area contributed by atoms with Gasteiger partial charge in [-0.3, -0.25) is 4.98 Å². The molecule has 96 valence electrons. The number of pyridine rings is 1. The summed E-state index contributed by atoms with van der Waals surface area (Å²) < 4.78 is 1.29. The molecular weight excluding hydrogens is 260 g/mol. The van der Waals surface area contributed by atoms with Gasteiger partial charge in [-0.05, 0) is 60.4 Å². The van der Waals surface area contributed by atoms with Crippen molar-refractivity contribution in [1.82, 2.24) is 10.3 Å². The van der Waals surface area contributed by atoms with Crippen LogP contribution in [0, 0.1) is 5.92 Å². The molecule has 2 unspecified atom stereocenters. The molecule has 0 bridgehead atoms. The molecule has 0 amide bonds. The molecular formula is C14H18N2S2. The number of rotatable bonds is 4. The molecule has 2 nitrogen and oxygen atoms in total. The number of thioether (sulfide) groups is 1. The van der Waals surface area contributed by atoms with E-state index in [1.807, 2.05) is 6.20 Å². The van der Waals surface area contributed by atoms with Crippen molar-refractivity contribution in [2.75, 3.05) is 18.1 Å². The molecule has 1 saturated heterocycles. The van der Waals surface area contributed by atoms with Crippen molar-refractivity contribution in [1.29, 1.82) is 0 Å². The maximum atomic E-state index is 4.51. The maximum Gasteiger partial charge on any atom is 0.0809 e. The number of thiophene rings is 1. The quantitative estimate of drug-likeness (QED) is 0.923. The third-order valence-corrected chi connectivity index (χ3v) is 5.65. The topological polar surface area (TPSA) is 24.9 Å². The van der Waals surface area contributed by atoms with Crippen LogP contribution in [0.2, 0.25) is 0 Å². The lowest BCUT2D eigenvalue weighted by atomic mass is 10.1. The highest BCUT2D eigenvalue weighted by Gasteiger charge is 2.16. The molecule has 1 fully saturated rings. The standard InChI is InChI=1S/C14H18N2S2/c1-10(15-7-11-2-4-17-9-11)12-6-14-13(16-8-12)3-5-18-14/h3,5-6,8,10-11,15H,2,4,7,9H2,1H3. The van der Waals surface area contributed by atoms with E-state index in [1.54, 1.807) is 11.3 Å². The molecule has 2 aromatic rings. The van der Waals surface area contributed by atoms with Gasteiger partial charge in [-0.25, -0.2) is 0 Å². The van der Waals surface area contributed by atoms with Crippen LogP contribution in [-0.4, -0.2) is 23.0 Å². The molecule has 1 aliphatic rings. The van der Waals surface area contributed by atoms with Crippen LogP contribution in [0.4, 0.5) is 0 Å². The zero-order valence-electron chi connectivity index (χ0n) is 10.6. The maximum absolute atomic E-state index is 4.51.